The summed E-state index contributed by atoms with van der Waals surface area (Å²) in [5.41, 5.74) is 0.0198. The van der Waals surface area contributed by atoms with Crippen molar-refractivity contribution in [2.24, 2.45) is 5.41 Å². The number of carbonyl (C=O) groups excluding carboxylic acids is 2. The number of carboxylic acid groups (broad SMARTS) is 1. The lowest BCUT2D eigenvalue weighted by Crippen LogP contribution is -2.34. The van der Waals surface area contributed by atoms with Crippen molar-refractivity contribution >= 4 is 23.5 Å². The lowest BCUT2D eigenvalue weighted by Gasteiger charge is -2.25. The second-order valence-electron chi connectivity index (χ2n) is 5.85. The summed E-state index contributed by atoms with van der Waals surface area (Å²) in [7, 11) is 0. The summed E-state index contributed by atoms with van der Waals surface area (Å²) in [6, 6.07) is 6.54. The molecule has 0 heterocycles. The van der Waals surface area contributed by atoms with E-state index in [9.17, 15) is 19.5 Å². The number of hydrogen-bond acceptors (Lipinski definition) is 3. The molecule has 0 fully saturated rings. The Kier molecular flexibility index (Phi) is 7.42. The Labute approximate surface area is 142 Å². The monoisotopic (exact) mass is 334 g/mol. The molecule has 0 bridgehead atoms. The Morgan fingerprint density at radius 1 is 1.04 bits per heavy atom. The van der Waals surface area contributed by atoms with Crippen molar-refractivity contribution < 1.29 is 19.5 Å². The normalized spacial score (nSPS) is 11.0. The molecule has 3 N–H and O–H groups in total. The number of carboxylic acids is 1. The molecule has 1 aromatic carbocycles. The number of rotatable bonds is 9. The van der Waals surface area contributed by atoms with Crippen molar-refractivity contribution in [1.82, 2.24) is 5.32 Å². The maximum Gasteiger partial charge on any atom is 0.310 e. The van der Waals surface area contributed by atoms with E-state index >= 15 is 0 Å². The van der Waals surface area contributed by atoms with Gasteiger partial charge in [-0.2, -0.15) is 0 Å². The van der Waals surface area contributed by atoms with E-state index in [4.69, 9.17) is 0 Å². The minimum absolute atomic E-state index is 0.0753. The number of aliphatic carboxylic acids is 1. The molecule has 0 saturated carbocycles. The Morgan fingerprint density at radius 3 is 2.08 bits per heavy atom. The first-order valence-corrected chi connectivity index (χ1v) is 8.30. The third kappa shape index (κ3) is 5.08. The molecule has 1 rings (SSSR count). The molecule has 0 aliphatic carbocycles. The molecule has 0 atom stereocenters. The van der Waals surface area contributed by atoms with E-state index < -0.39 is 11.4 Å². The lowest BCUT2D eigenvalue weighted by atomic mass is 9.79. The zero-order valence-electron chi connectivity index (χ0n) is 14.5. The first-order chi connectivity index (χ1) is 11.4. The average molecular weight is 334 g/mol. The SMILES string of the molecule is CCCNC(=O)c1ccc(NC(=O)CC(CC)(CC)C(=O)O)cc1. The van der Waals surface area contributed by atoms with Crippen LogP contribution in [0.25, 0.3) is 0 Å². The molecule has 0 saturated heterocycles. The summed E-state index contributed by atoms with van der Waals surface area (Å²) >= 11 is 0. The van der Waals surface area contributed by atoms with Gasteiger partial charge in [0.1, 0.15) is 0 Å². The highest BCUT2D eigenvalue weighted by atomic mass is 16.4. The van der Waals surface area contributed by atoms with Gasteiger partial charge in [0.2, 0.25) is 5.91 Å². The number of amides is 2. The Balaban J connectivity index is 2.71. The van der Waals surface area contributed by atoms with Crippen LogP contribution in [-0.2, 0) is 9.59 Å². The van der Waals surface area contributed by atoms with Crippen molar-refractivity contribution in [2.45, 2.75) is 46.5 Å². The van der Waals surface area contributed by atoms with Crippen LogP contribution < -0.4 is 10.6 Å². The van der Waals surface area contributed by atoms with Crippen LogP contribution in [0.1, 0.15) is 56.8 Å². The molecule has 0 radical (unpaired) electrons. The zero-order chi connectivity index (χ0) is 18.2. The van der Waals surface area contributed by atoms with Gasteiger partial charge in [0.15, 0.2) is 0 Å². The van der Waals surface area contributed by atoms with E-state index in [1.54, 1.807) is 38.1 Å². The number of anilines is 1. The molecule has 24 heavy (non-hydrogen) atoms. The number of nitrogens with one attached hydrogen (secondary N) is 2. The molecule has 0 aromatic heterocycles. The van der Waals surface area contributed by atoms with Crippen molar-refractivity contribution in [2.75, 3.05) is 11.9 Å². The first kappa shape index (κ1) is 19.7. The number of benzene rings is 1. The lowest BCUT2D eigenvalue weighted by molar-refractivity contribution is -0.151. The predicted octanol–water partition coefficient (Wildman–Crippen LogP) is 3.05. The first-order valence-electron chi connectivity index (χ1n) is 8.30. The molecule has 0 aliphatic rings. The molecule has 6 heteroatoms. The molecular formula is C18H26N2O4. The van der Waals surface area contributed by atoms with E-state index in [-0.39, 0.29) is 18.2 Å². The Bertz CT molecular complexity index is 577. The van der Waals surface area contributed by atoms with Crippen LogP contribution in [0.2, 0.25) is 0 Å². The van der Waals surface area contributed by atoms with Crippen LogP contribution in [0.3, 0.4) is 0 Å². The van der Waals surface area contributed by atoms with Crippen molar-refractivity contribution in [1.29, 1.82) is 0 Å². The summed E-state index contributed by atoms with van der Waals surface area (Å²) in [5, 5.41) is 14.9. The largest absolute Gasteiger partial charge is 0.481 e. The maximum atomic E-state index is 12.2. The van der Waals surface area contributed by atoms with Gasteiger partial charge in [0, 0.05) is 24.2 Å². The zero-order valence-corrected chi connectivity index (χ0v) is 14.5. The van der Waals surface area contributed by atoms with E-state index in [0.29, 0.717) is 30.6 Å². The number of hydrogen-bond donors (Lipinski definition) is 3. The molecular weight excluding hydrogens is 308 g/mol. The van der Waals surface area contributed by atoms with Crippen LogP contribution in [0, 0.1) is 5.41 Å². The molecule has 0 spiro atoms. The Morgan fingerprint density at radius 2 is 1.62 bits per heavy atom. The van der Waals surface area contributed by atoms with E-state index in [2.05, 4.69) is 10.6 Å². The summed E-state index contributed by atoms with van der Waals surface area (Å²) in [6.45, 7) is 6.13. The topological polar surface area (TPSA) is 95.5 Å². The molecule has 0 unspecified atom stereocenters. The number of carbonyl (C=O) groups is 3. The van der Waals surface area contributed by atoms with Gasteiger partial charge in [-0.1, -0.05) is 20.8 Å². The van der Waals surface area contributed by atoms with Gasteiger partial charge in [-0.15, -0.1) is 0 Å². The fourth-order valence-corrected chi connectivity index (χ4v) is 2.44. The van der Waals surface area contributed by atoms with Crippen LogP contribution in [0.4, 0.5) is 5.69 Å². The third-order valence-corrected chi connectivity index (χ3v) is 4.27. The van der Waals surface area contributed by atoms with Crippen molar-refractivity contribution in [3.8, 4) is 0 Å². The summed E-state index contributed by atoms with van der Waals surface area (Å²) < 4.78 is 0. The van der Waals surface area contributed by atoms with Gasteiger partial charge in [-0.05, 0) is 43.5 Å². The average Bonchev–Trinajstić information content (AvgIpc) is 2.58. The van der Waals surface area contributed by atoms with Gasteiger partial charge in [-0.3, -0.25) is 14.4 Å². The minimum Gasteiger partial charge on any atom is -0.481 e. The highest BCUT2D eigenvalue weighted by Gasteiger charge is 2.37. The van der Waals surface area contributed by atoms with Crippen LogP contribution in [0.15, 0.2) is 24.3 Å². The van der Waals surface area contributed by atoms with Crippen LogP contribution >= 0.6 is 0 Å². The van der Waals surface area contributed by atoms with E-state index in [1.807, 2.05) is 6.92 Å². The second kappa shape index (κ2) is 9.05. The summed E-state index contributed by atoms with van der Waals surface area (Å²) in [6.07, 6.45) is 1.57. The summed E-state index contributed by atoms with van der Waals surface area (Å²) in [5.74, 6) is -1.45. The fraction of sp³-hybridized carbons (Fsp3) is 0.500. The molecule has 1 aromatic rings. The van der Waals surface area contributed by atoms with Gasteiger partial charge >= 0.3 is 5.97 Å². The molecule has 132 valence electrons. The molecule has 0 aliphatic heterocycles. The van der Waals surface area contributed by atoms with Gasteiger partial charge in [0.25, 0.3) is 5.91 Å². The van der Waals surface area contributed by atoms with Gasteiger partial charge < -0.3 is 15.7 Å². The van der Waals surface area contributed by atoms with E-state index in [1.165, 1.54) is 0 Å². The second-order valence-corrected chi connectivity index (χ2v) is 5.85. The van der Waals surface area contributed by atoms with Gasteiger partial charge in [-0.25, -0.2) is 0 Å². The Hall–Kier alpha value is -2.37. The summed E-state index contributed by atoms with van der Waals surface area (Å²) in [4.78, 5) is 35.4. The smallest absolute Gasteiger partial charge is 0.310 e. The minimum atomic E-state index is -1.04. The quantitative estimate of drug-likeness (QED) is 0.647. The van der Waals surface area contributed by atoms with Crippen LogP contribution in [0.5, 0.6) is 0 Å². The third-order valence-electron chi connectivity index (χ3n) is 4.27. The molecule has 6 nitrogen and oxygen atoms in total. The van der Waals surface area contributed by atoms with Crippen molar-refractivity contribution in [3.63, 3.8) is 0 Å². The van der Waals surface area contributed by atoms with E-state index in [0.717, 1.165) is 6.42 Å². The predicted molar refractivity (Wildman–Crippen MR) is 93.0 cm³/mol. The standard InChI is InChI=1S/C18H26N2O4/c1-4-11-19-16(22)13-7-9-14(10-8-13)20-15(21)12-18(5-2,6-3)17(23)24/h7-10H,4-6,11-12H2,1-3H3,(H,19,22)(H,20,21)(H,23,24). The van der Waals surface area contributed by atoms with Crippen molar-refractivity contribution in [3.05, 3.63) is 29.8 Å². The molecule has 2 amide bonds. The van der Waals surface area contributed by atoms with Crippen LogP contribution in [-0.4, -0.2) is 29.4 Å². The highest BCUT2D eigenvalue weighted by molar-refractivity contribution is 5.96. The highest BCUT2D eigenvalue weighted by Crippen LogP contribution is 2.31. The van der Waals surface area contributed by atoms with Gasteiger partial charge in [0.05, 0.1) is 5.41 Å². The maximum absolute atomic E-state index is 12.2. The fourth-order valence-electron chi connectivity index (χ4n) is 2.44.